The molecule has 8 nitrogen and oxygen atoms in total. The molecule has 11 rings (SSSR count). The number of aromatic nitrogens is 4. The molecule has 0 fully saturated rings. The van der Waals surface area contributed by atoms with Gasteiger partial charge in [-0.05, 0) is 196 Å². The molecule has 0 saturated heterocycles. The van der Waals surface area contributed by atoms with Gasteiger partial charge in [0.1, 0.15) is 0 Å². The first kappa shape index (κ1) is 51.8. The van der Waals surface area contributed by atoms with Crippen LogP contribution >= 0.6 is 0 Å². The lowest BCUT2D eigenvalue weighted by Crippen LogP contribution is -2.14. The van der Waals surface area contributed by atoms with Gasteiger partial charge < -0.3 is 19.1 Å². The standard InChI is InChI=1S/C36H44.C32H28N6O2/c1-33(2,3)23-13-21-14-24(34(4,5)6)19-29-30-20-26(36(10,11)12)16-22-15-25(35(7,8)9)18-28(32(22)30)27(17-23)31(21)29;1-33-20-21-4-6-24(7-5-21)29-34-35-30(39-29)25-12-8-22(9-13-25)23-10-14-26(15-11-23)31-36-37-32(40-31)27-16-18-28(19-17-27)38(2)3/h13-20H,1-12H3;4-19,33H,20H2,1-3H3. The molecule has 2 heterocycles. The molecule has 2 aromatic heterocycles. The summed E-state index contributed by atoms with van der Waals surface area (Å²) in [5.41, 5.74) is 13.9. The Bertz CT molecular complexity index is 3610. The van der Waals surface area contributed by atoms with Crippen LogP contribution in [-0.2, 0) is 28.2 Å². The van der Waals surface area contributed by atoms with Crippen molar-refractivity contribution >= 4 is 48.8 Å². The van der Waals surface area contributed by atoms with E-state index in [1.165, 1.54) is 70.9 Å². The van der Waals surface area contributed by atoms with Crippen molar-refractivity contribution in [2.24, 2.45) is 0 Å². The zero-order valence-electron chi connectivity index (χ0n) is 47.1. The Kier molecular flexibility index (Phi) is 13.3. The fraction of sp³-hybridized carbons (Fsp3) is 0.294. The monoisotopic (exact) mass is 1000 g/mol. The summed E-state index contributed by atoms with van der Waals surface area (Å²) < 4.78 is 11.9. The van der Waals surface area contributed by atoms with Crippen molar-refractivity contribution < 1.29 is 8.83 Å². The van der Waals surface area contributed by atoms with Gasteiger partial charge in [-0.2, -0.15) is 0 Å². The van der Waals surface area contributed by atoms with E-state index in [4.69, 9.17) is 8.83 Å². The van der Waals surface area contributed by atoms with Gasteiger partial charge in [-0.1, -0.05) is 144 Å². The van der Waals surface area contributed by atoms with E-state index in [2.05, 4.69) is 169 Å². The van der Waals surface area contributed by atoms with Crippen LogP contribution in [0.1, 0.15) is 111 Å². The van der Waals surface area contributed by atoms with E-state index in [-0.39, 0.29) is 21.7 Å². The second-order valence-corrected chi connectivity index (χ2v) is 24.9. The molecule has 0 radical (unpaired) electrons. The van der Waals surface area contributed by atoms with Crippen molar-refractivity contribution in [2.75, 3.05) is 26.0 Å². The quantitative estimate of drug-likeness (QED) is 0.119. The summed E-state index contributed by atoms with van der Waals surface area (Å²) in [6, 6.07) is 52.0. The molecule has 0 saturated carbocycles. The highest BCUT2D eigenvalue weighted by Crippen LogP contribution is 2.47. The number of fused-ring (bicyclic) bond motifs is 2. The first-order valence-corrected chi connectivity index (χ1v) is 26.6. The summed E-state index contributed by atoms with van der Waals surface area (Å²) >= 11 is 0. The van der Waals surface area contributed by atoms with Crippen molar-refractivity contribution in [1.29, 1.82) is 0 Å². The maximum Gasteiger partial charge on any atom is 0.248 e. The van der Waals surface area contributed by atoms with Crippen LogP contribution < -0.4 is 10.2 Å². The Morgan fingerprint density at radius 1 is 0.368 bits per heavy atom. The topological polar surface area (TPSA) is 93.1 Å². The number of hydrogen-bond donors (Lipinski definition) is 1. The number of rotatable bonds is 8. The Hall–Kier alpha value is -7.68. The highest BCUT2D eigenvalue weighted by Gasteiger charge is 2.26. The van der Waals surface area contributed by atoms with Gasteiger partial charge in [0.05, 0.1) is 0 Å². The maximum absolute atomic E-state index is 5.96. The van der Waals surface area contributed by atoms with Crippen molar-refractivity contribution in [3.05, 3.63) is 173 Å². The molecule has 0 atom stereocenters. The third-order valence-electron chi connectivity index (χ3n) is 14.8. The molecule has 1 N–H and O–H groups in total. The van der Waals surface area contributed by atoms with Crippen LogP contribution in [0.3, 0.4) is 0 Å². The van der Waals surface area contributed by atoms with Gasteiger partial charge in [0, 0.05) is 48.6 Å². The second-order valence-electron chi connectivity index (χ2n) is 24.9. The lowest BCUT2D eigenvalue weighted by molar-refractivity contribution is 0.584. The van der Waals surface area contributed by atoms with Gasteiger partial charge >= 0.3 is 0 Å². The van der Waals surface area contributed by atoms with Crippen molar-refractivity contribution in [3.8, 4) is 56.9 Å². The minimum atomic E-state index is 0.0830. The van der Waals surface area contributed by atoms with Crippen LogP contribution in [0.15, 0.2) is 154 Å². The SMILES string of the molecule is CC(C)(C)c1cc2cc(C(C)(C)C)cc3c4cc(C(C)(C)C)cc5cc(C(C)(C)C)cc(c(c1)c23)c54.CNCc1ccc(-c2nnc(-c3ccc(-c4ccc(-c5nnc(-c6ccc(N(C)C)cc6)o5)cc4)cc3)o2)cc1. The molecule has 0 bridgehead atoms. The van der Waals surface area contributed by atoms with Crippen LogP contribution in [-0.4, -0.2) is 41.5 Å². The zero-order chi connectivity index (χ0) is 54.1. The Morgan fingerprint density at radius 2 is 0.632 bits per heavy atom. The zero-order valence-corrected chi connectivity index (χ0v) is 47.1. The average molecular weight is 1010 g/mol. The molecular formula is C68H72N6O2. The summed E-state index contributed by atoms with van der Waals surface area (Å²) in [5.74, 6) is 1.97. The lowest BCUT2D eigenvalue weighted by Gasteiger charge is -2.28. The molecule has 11 aromatic rings. The normalized spacial score (nSPS) is 12.5. The van der Waals surface area contributed by atoms with E-state index in [0.29, 0.717) is 23.6 Å². The average Bonchev–Trinajstić information content (AvgIpc) is 4.17. The fourth-order valence-electron chi connectivity index (χ4n) is 10.0. The van der Waals surface area contributed by atoms with Crippen molar-refractivity contribution in [1.82, 2.24) is 25.7 Å². The predicted molar refractivity (Wildman–Crippen MR) is 319 cm³/mol. The third-order valence-corrected chi connectivity index (χ3v) is 14.8. The van der Waals surface area contributed by atoms with Crippen LogP contribution in [0.25, 0.3) is 100 Å². The highest BCUT2D eigenvalue weighted by molar-refractivity contribution is 6.33. The van der Waals surface area contributed by atoms with E-state index in [0.717, 1.165) is 45.6 Å². The highest BCUT2D eigenvalue weighted by atomic mass is 16.4. The molecule has 9 aromatic carbocycles. The van der Waals surface area contributed by atoms with E-state index in [9.17, 15) is 0 Å². The van der Waals surface area contributed by atoms with Crippen LogP contribution in [0.5, 0.6) is 0 Å². The number of hydrogen-bond acceptors (Lipinski definition) is 8. The van der Waals surface area contributed by atoms with Gasteiger partial charge in [-0.15, -0.1) is 20.4 Å². The largest absolute Gasteiger partial charge is 0.416 e. The van der Waals surface area contributed by atoms with E-state index >= 15 is 0 Å². The Labute approximate surface area is 448 Å². The first-order valence-electron chi connectivity index (χ1n) is 26.6. The fourth-order valence-corrected chi connectivity index (χ4v) is 10.0. The summed E-state index contributed by atoms with van der Waals surface area (Å²) in [6.07, 6.45) is 0. The van der Waals surface area contributed by atoms with Gasteiger partial charge in [0.2, 0.25) is 23.6 Å². The maximum atomic E-state index is 5.96. The molecule has 0 aliphatic heterocycles. The predicted octanol–water partition coefficient (Wildman–Crippen LogP) is 17.5. The molecule has 386 valence electrons. The van der Waals surface area contributed by atoms with Crippen molar-refractivity contribution in [3.63, 3.8) is 0 Å². The van der Waals surface area contributed by atoms with Crippen LogP contribution in [0, 0.1) is 0 Å². The van der Waals surface area contributed by atoms with Crippen LogP contribution in [0.2, 0.25) is 0 Å². The Balaban J connectivity index is 0.000000174. The van der Waals surface area contributed by atoms with Crippen LogP contribution in [0.4, 0.5) is 5.69 Å². The summed E-state index contributed by atoms with van der Waals surface area (Å²) in [4.78, 5) is 2.05. The molecule has 0 aliphatic carbocycles. The molecule has 76 heavy (non-hydrogen) atoms. The molecule has 8 heteroatoms. The lowest BCUT2D eigenvalue weighted by atomic mass is 9.76. The van der Waals surface area contributed by atoms with Crippen molar-refractivity contribution in [2.45, 2.75) is 111 Å². The minimum absolute atomic E-state index is 0.0830. The van der Waals surface area contributed by atoms with E-state index in [1.807, 2.05) is 111 Å². The number of anilines is 1. The summed E-state index contributed by atoms with van der Waals surface area (Å²) in [6.45, 7) is 28.8. The summed E-state index contributed by atoms with van der Waals surface area (Å²) in [7, 11) is 5.94. The number of benzene rings is 9. The Morgan fingerprint density at radius 3 is 0.895 bits per heavy atom. The smallest absolute Gasteiger partial charge is 0.248 e. The molecule has 0 spiro atoms. The van der Waals surface area contributed by atoms with Gasteiger partial charge in [0.15, 0.2) is 0 Å². The third kappa shape index (κ3) is 10.4. The van der Waals surface area contributed by atoms with E-state index < -0.39 is 0 Å². The van der Waals surface area contributed by atoms with Gasteiger partial charge in [-0.25, -0.2) is 0 Å². The number of nitrogens with one attached hydrogen (secondary N) is 1. The second kappa shape index (κ2) is 19.5. The van der Waals surface area contributed by atoms with Gasteiger partial charge in [-0.3, -0.25) is 0 Å². The number of nitrogens with zero attached hydrogens (tertiary/aromatic N) is 5. The molecule has 0 amide bonds. The minimum Gasteiger partial charge on any atom is -0.416 e. The van der Waals surface area contributed by atoms with Gasteiger partial charge in [0.25, 0.3) is 0 Å². The molecular weight excluding hydrogens is 933 g/mol. The first-order chi connectivity index (χ1) is 35.9. The molecule has 0 aliphatic rings. The van der Waals surface area contributed by atoms with E-state index in [1.54, 1.807) is 0 Å². The molecule has 0 unspecified atom stereocenters. The summed E-state index contributed by atoms with van der Waals surface area (Å²) in [5, 5.41) is 31.3.